The summed E-state index contributed by atoms with van der Waals surface area (Å²) in [6.45, 7) is 4.14. The largest absolute Gasteiger partial charge is 0.480 e. The average molecular weight is 215 g/mol. The van der Waals surface area contributed by atoms with E-state index in [1.54, 1.807) is 0 Å². The van der Waals surface area contributed by atoms with Gasteiger partial charge in [0.05, 0.1) is 6.61 Å². The highest BCUT2D eigenvalue weighted by atomic mass is 16.5. The van der Waals surface area contributed by atoms with E-state index < -0.39 is 11.5 Å². The molecule has 1 rings (SSSR count). The molecule has 1 aliphatic carbocycles. The molecule has 4 heteroatoms. The molecule has 0 heterocycles. The fourth-order valence-electron chi connectivity index (χ4n) is 1.71. The summed E-state index contributed by atoms with van der Waals surface area (Å²) in [5, 5.41) is 12.1. The van der Waals surface area contributed by atoms with Gasteiger partial charge in [0, 0.05) is 13.2 Å². The summed E-state index contributed by atoms with van der Waals surface area (Å²) in [5.74, 6) is -0.720. The molecule has 0 amide bonds. The second-order valence-electron chi connectivity index (χ2n) is 4.13. The van der Waals surface area contributed by atoms with Gasteiger partial charge in [0.25, 0.3) is 0 Å². The molecule has 0 aromatic rings. The van der Waals surface area contributed by atoms with Crippen LogP contribution < -0.4 is 5.32 Å². The van der Waals surface area contributed by atoms with Crippen LogP contribution in [0, 0.1) is 0 Å². The number of rotatable bonds is 8. The van der Waals surface area contributed by atoms with E-state index in [4.69, 9.17) is 9.84 Å². The molecule has 0 atom stereocenters. The lowest BCUT2D eigenvalue weighted by Gasteiger charge is -2.38. The van der Waals surface area contributed by atoms with Crippen molar-refractivity contribution in [1.29, 1.82) is 0 Å². The summed E-state index contributed by atoms with van der Waals surface area (Å²) in [4.78, 5) is 11.0. The molecule has 0 unspecified atom stereocenters. The zero-order valence-electron chi connectivity index (χ0n) is 9.42. The molecular formula is C11H21NO3. The van der Waals surface area contributed by atoms with Crippen molar-refractivity contribution in [2.45, 2.75) is 44.6 Å². The molecule has 15 heavy (non-hydrogen) atoms. The van der Waals surface area contributed by atoms with Crippen molar-refractivity contribution in [3.05, 3.63) is 0 Å². The van der Waals surface area contributed by atoms with Crippen LogP contribution >= 0.6 is 0 Å². The molecular weight excluding hydrogens is 194 g/mol. The van der Waals surface area contributed by atoms with E-state index in [2.05, 4.69) is 12.2 Å². The van der Waals surface area contributed by atoms with Crippen LogP contribution in [0.5, 0.6) is 0 Å². The van der Waals surface area contributed by atoms with Crippen LogP contribution in [0.1, 0.15) is 39.0 Å². The highest BCUT2D eigenvalue weighted by Gasteiger charge is 2.43. The third-order valence-electron chi connectivity index (χ3n) is 2.97. The first-order chi connectivity index (χ1) is 7.21. The lowest BCUT2D eigenvalue weighted by Crippen LogP contribution is -2.57. The maximum absolute atomic E-state index is 11.0. The van der Waals surface area contributed by atoms with Gasteiger partial charge in [-0.3, -0.25) is 10.1 Å². The smallest absolute Gasteiger partial charge is 0.323 e. The predicted octanol–water partition coefficient (Wildman–Crippen LogP) is 1.40. The van der Waals surface area contributed by atoms with E-state index in [-0.39, 0.29) is 0 Å². The maximum Gasteiger partial charge on any atom is 0.323 e. The van der Waals surface area contributed by atoms with E-state index >= 15 is 0 Å². The van der Waals surface area contributed by atoms with Crippen molar-refractivity contribution < 1.29 is 14.6 Å². The Balaban J connectivity index is 2.06. The van der Waals surface area contributed by atoms with Gasteiger partial charge in [-0.05, 0) is 25.7 Å². The molecule has 0 aliphatic heterocycles. The third kappa shape index (κ3) is 3.47. The monoisotopic (exact) mass is 215 g/mol. The molecule has 1 saturated carbocycles. The predicted molar refractivity (Wildman–Crippen MR) is 57.9 cm³/mol. The highest BCUT2D eigenvalue weighted by molar-refractivity contribution is 5.79. The second-order valence-corrected chi connectivity index (χ2v) is 4.13. The van der Waals surface area contributed by atoms with E-state index in [1.165, 1.54) is 0 Å². The number of carbonyl (C=O) groups is 1. The Morgan fingerprint density at radius 2 is 2.20 bits per heavy atom. The van der Waals surface area contributed by atoms with Gasteiger partial charge >= 0.3 is 5.97 Å². The number of hydrogen-bond acceptors (Lipinski definition) is 3. The number of nitrogens with one attached hydrogen (secondary N) is 1. The molecule has 1 aliphatic rings. The van der Waals surface area contributed by atoms with Gasteiger partial charge in [-0.15, -0.1) is 0 Å². The van der Waals surface area contributed by atoms with Crippen molar-refractivity contribution in [3.8, 4) is 0 Å². The van der Waals surface area contributed by atoms with Crippen molar-refractivity contribution in [3.63, 3.8) is 0 Å². The van der Waals surface area contributed by atoms with E-state index in [1.807, 2.05) is 0 Å². The Morgan fingerprint density at radius 1 is 1.47 bits per heavy atom. The zero-order chi connectivity index (χ0) is 11.1. The quantitative estimate of drug-likeness (QED) is 0.601. The van der Waals surface area contributed by atoms with Crippen LogP contribution in [-0.4, -0.2) is 36.4 Å². The molecule has 0 spiro atoms. The van der Waals surface area contributed by atoms with Crippen LogP contribution in [-0.2, 0) is 9.53 Å². The first-order valence-corrected chi connectivity index (χ1v) is 5.77. The topological polar surface area (TPSA) is 58.6 Å². The molecule has 88 valence electrons. The van der Waals surface area contributed by atoms with Gasteiger partial charge in [0.2, 0.25) is 0 Å². The lowest BCUT2D eigenvalue weighted by atomic mass is 9.77. The first-order valence-electron chi connectivity index (χ1n) is 5.77. The molecule has 2 N–H and O–H groups in total. The number of ether oxygens (including phenoxy) is 1. The minimum atomic E-state index is -0.720. The summed E-state index contributed by atoms with van der Waals surface area (Å²) in [6, 6.07) is 0. The molecule has 0 radical (unpaired) electrons. The Hall–Kier alpha value is -0.610. The first kappa shape index (κ1) is 12.5. The van der Waals surface area contributed by atoms with Crippen molar-refractivity contribution in [1.82, 2.24) is 5.32 Å². The second kappa shape index (κ2) is 6.08. The normalized spacial score (nSPS) is 18.5. The lowest BCUT2D eigenvalue weighted by molar-refractivity contribution is -0.148. The standard InChI is InChI=1S/C11H21NO3/c1-2-3-8-15-9-7-12-11(10(13)14)5-4-6-11/h12H,2-9H2,1H3,(H,13,14). The minimum absolute atomic E-state index is 0.606. The molecule has 1 fully saturated rings. The van der Waals surface area contributed by atoms with Crippen molar-refractivity contribution in [2.24, 2.45) is 0 Å². The van der Waals surface area contributed by atoms with Crippen LogP contribution in [0.25, 0.3) is 0 Å². The molecule has 4 nitrogen and oxygen atoms in total. The number of aliphatic carboxylic acids is 1. The van der Waals surface area contributed by atoms with Crippen LogP contribution in [0.4, 0.5) is 0 Å². The van der Waals surface area contributed by atoms with Gasteiger partial charge in [-0.2, -0.15) is 0 Å². The van der Waals surface area contributed by atoms with Gasteiger partial charge in [0.15, 0.2) is 0 Å². The number of hydrogen-bond donors (Lipinski definition) is 2. The van der Waals surface area contributed by atoms with E-state index in [0.29, 0.717) is 13.2 Å². The number of carboxylic acids is 1. The molecule has 0 aromatic heterocycles. The van der Waals surface area contributed by atoms with Crippen molar-refractivity contribution >= 4 is 5.97 Å². The maximum atomic E-state index is 11.0. The number of unbranched alkanes of at least 4 members (excludes halogenated alkanes) is 1. The SMILES string of the molecule is CCCCOCCNC1(C(=O)O)CCC1. The average Bonchev–Trinajstić information content (AvgIpc) is 2.13. The van der Waals surface area contributed by atoms with Crippen LogP contribution in [0.15, 0.2) is 0 Å². The molecule has 0 aromatic carbocycles. The zero-order valence-corrected chi connectivity index (χ0v) is 9.42. The number of carboxylic acid groups (broad SMARTS) is 1. The Bertz CT molecular complexity index is 202. The van der Waals surface area contributed by atoms with Gasteiger partial charge < -0.3 is 9.84 Å². The van der Waals surface area contributed by atoms with E-state index in [0.717, 1.165) is 38.7 Å². The summed E-state index contributed by atoms with van der Waals surface area (Å²) < 4.78 is 5.36. The summed E-state index contributed by atoms with van der Waals surface area (Å²) in [5.41, 5.74) is -0.645. The van der Waals surface area contributed by atoms with E-state index in [9.17, 15) is 4.79 Å². The Kier molecular flexibility index (Phi) is 5.05. The fraction of sp³-hybridized carbons (Fsp3) is 0.909. The summed E-state index contributed by atoms with van der Waals surface area (Å²) in [6.07, 6.45) is 4.71. The van der Waals surface area contributed by atoms with Crippen molar-refractivity contribution in [2.75, 3.05) is 19.8 Å². The summed E-state index contributed by atoms with van der Waals surface area (Å²) in [7, 11) is 0. The van der Waals surface area contributed by atoms with Gasteiger partial charge in [-0.25, -0.2) is 0 Å². The Labute approximate surface area is 91.0 Å². The summed E-state index contributed by atoms with van der Waals surface area (Å²) >= 11 is 0. The minimum Gasteiger partial charge on any atom is -0.480 e. The molecule has 0 bridgehead atoms. The molecule has 0 saturated heterocycles. The van der Waals surface area contributed by atoms with Crippen LogP contribution in [0.2, 0.25) is 0 Å². The van der Waals surface area contributed by atoms with Crippen LogP contribution in [0.3, 0.4) is 0 Å². The highest BCUT2D eigenvalue weighted by Crippen LogP contribution is 2.31. The third-order valence-corrected chi connectivity index (χ3v) is 2.97. The fourth-order valence-corrected chi connectivity index (χ4v) is 1.71. The Morgan fingerprint density at radius 3 is 2.67 bits per heavy atom. The van der Waals surface area contributed by atoms with Gasteiger partial charge in [0.1, 0.15) is 5.54 Å². The van der Waals surface area contributed by atoms with Gasteiger partial charge in [-0.1, -0.05) is 13.3 Å².